The van der Waals surface area contributed by atoms with Gasteiger partial charge in [0.1, 0.15) is 5.75 Å². The topological polar surface area (TPSA) is 38.5 Å². The Labute approximate surface area is 97.2 Å². The van der Waals surface area contributed by atoms with Crippen LogP contribution in [0.25, 0.3) is 0 Å². The lowest BCUT2D eigenvalue weighted by Crippen LogP contribution is -2.26. The summed E-state index contributed by atoms with van der Waals surface area (Å²) in [5.41, 5.74) is 7.94. The molecular formula is C13H20N2O. The summed E-state index contributed by atoms with van der Waals surface area (Å²) in [6.45, 7) is 1.22. The maximum atomic E-state index is 5.90. The number of methoxy groups -OCH3 is 1. The molecule has 3 nitrogen and oxygen atoms in total. The predicted molar refractivity (Wildman–Crippen MR) is 66.8 cm³/mol. The fraction of sp³-hybridized carbons (Fsp3) is 0.538. The molecule has 0 bridgehead atoms. The third kappa shape index (κ3) is 2.30. The number of likely N-dealkylation sites (N-methyl/N-ethyl adjacent to an activating group) is 1. The quantitative estimate of drug-likeness (QED) is 0.791. The molecule has 0 radical (unpaired) electrons. The van der Waals surface area contributed by atoms with E-state index >= 15 is 0 Å². The molecule has 1 aliphatic rings. The van der Waals surface area contributed by atoms with Crippen molar-refractivity contribution in [3.63, 3.8) is 0 Å². The fourth-order valence-corrected chi connectivity index (χ4v) is 2.42. The van der Waals surface area contributed by atoms with Crippen LogP contribution in [0.3, 0.4) is 0 Å². The number of nitrogens with two attached hydrogens (primary N) is 1. The van der Waals surface area contributed by atoms with E-state index < -0.39 is 0 Å². The van der Waals surface area contributed by atoms with Gasteiger partial charge in [-0.2, -0.15) is 0 Å². The van der Waals surface area contributed by atoms with Crippen molar-refractivity contribution in [2.24, 2.45) is 0 Å². The molecule has 0 spiro atoms. The number of hydrogen-bond donors (Lipinski definition) is 1. The summed E-state index contributed by atoms with van der Waals surface area (Å²) in [6, 6.07) is 6.78. The Balaban J connectivity index is 2.07. The minimum Gasteiger partial charge on any atom is -0.495 e. The van der Waals surface area contributed by atoms with Crippen LogP contribution in [-0.2, 0) is 6.42 Å². The number of hydrogen-bond acceptors (Lipinski definition) is 3. The van der Waals surface area contributed by atoms with Gasteiger partial charge in [0.25, 0.3) is 0 Å². The van der Waals surface area contributed by atoms with Crippen molar-refractivity contribution in [3.8, 4) is 5.75 Å². The van der Waals surface area contributed by atoms with Gasteiger partial charge >= 0.3 is 0 Å². The van der Waals surface area contributed by atoms with Gasteiger partial charge in [-0.25, -0.2) is 0 Å². The third-order valence-electron chi connectivity index (χ3n) is 3.44. The lowest BCUT2D eigenvalue weighted by Gasteiger charge is -2.19. The number of nitrogens with zero attached hydrogens (tertiary/aromatic N) is 1. The Kier molecular flexibility index (Phi) is 3.34. The maximum Gasteiger partial charge on any atom is 0.141 e. The van der Waals surface area contributed by atoms with Crippen LogP contribution in [-0.4, -0.2) is 31.6 Å². The van der Waals surface area contributed by atoms with Crippen molar-refractivity contribution in [2.75, 3.05) is 26.4 Å². The number of ether oxygens (including phenoxy) is 1. The van der Waals surface area contributed by atoms with Crippen LogP contribution >= 0.6 is 0 Å². The molecule has 1 aliphatic heterocycles. The average Bonchev–Trinajstić information content (AvgIpc) is 2.65. The molecule has 88 valence electrons. The van der Waals surface area contributed by atoms with Gasteiger partial charge < -0.3 is 15.4 Å². The zero-order valence-corrected chi connectivity index (χ0v) is 10.1. The van der Waals surface area contributed by atoms with Gasteiger partial charge in [-0.05, 0) is 50.6 Å². The molecule has 0 amide bonds. The summed E-state index contributed by atoms with van der Waals surface area (Å²) in [7, 11) is 3.85. The van der Waals surface area contributed by atoms with Gasteiger partial charge in [-0.15, -0.1) is 0 Å². The van der Waals surface area contributed by atoms with E-state index in [9.17, 15) is 0 Å². The molecule has 2 rings (SSSR count). The Morgan fingerprint density at radius 3 is 2.88 bits per heavy atom. The van der Waals surface area contributed by atoms with E-state index in [1.165, 1.54) is 24.9 Å². The monoisotopic (exact) mass is 220 g/mol. The van der Waals surface area contributed by atoms with Crippen LogP contribution in [0.2, 0.25) is 0 Å². The molecule has 1 aromatic carbocycles. The summed E-state index contributed by atoms with van der Waals surface area (Å²) < 4.78 is 5.16. The molecule has 1 fully saturated rings. The molecule has 1 saturated heterocycles. The van der Waals surface area contributed by atoms with Crippen molar-refractivity contribution in [1.29, 1.82) is 0 Å². The largest absolute Gasteiger partial charge is 0.495 e. The first-order chi connectivity index (χ1) is 7.70. The van der Waals surface area contributed by atoms with Crippen molar-refractivity contribution in [3.05, 3.63) is 23.8 Å². The van der Waals surface area contributed by atoms with Crippen molar-refractivity contribution >= 4 is 5.69 Å². The summed E-state index contributed by atoms with van der Waals surface area (Å²) in [5.74, 6) is 0.767. The number of nitrogen functional groups attached to an aromatic ring is 1. The first kappa shape index (κ1) is 11.3. The highest BCUT2D eigenvalue weighted by Crippen LogP contribution is 2.25. The SMILES string of the molecule is COc1ccc(CC2CCCN2C)cc1N. The van der Waals surface area contributed by atoms with Gasteiger partial charge in [-0.1, -0.05) is 6.07 Å². The normalized spacial score (nSPS) is 21.2. The molecule has 0 aromatic heterocycles. The minimum atomic E-state index is 0.674. The van der Waals surface area contributed by atoms with E-state index in [-0.39, 0.29) is 0 Å². The summed E-state index contributed by atoms with van der Waals surface area (Å²) in [6.07, 6.45) is 3.69. The van der Waals surface area contributed by atoms with Crippen molar-refractivity contribution in [1.82, 2.24) is 4.90 Å². The molecule has 0 saturated carbocycles. The molecule has 16 heavy (non-hydrogen) atoms. The lowest BCUT2D eigenvalue weighted by atomic mass is 10.0. The van der Waals surface area contributed by atoms with Crippen LogP contribution in [0.4, 0.5) is 5.69 Å². The van der Waals surface area contributed by atoms with E-state index in [0.717, 1.165) is 17.9 Å². The molecule has 1 unspecified atom stereocenters. The minimum absolute atomic E-state index is 0.674. The highest BCUT2D eigenvalue weighted by atomic mass is 16.5. The number of anilines is 1. The Morgan fingerprint density at radius 1 is 1.50 bits per heavy atom. The third-order valence-corrected chi connectivity index (χ3v) is 3.44. The van der Waals surface area contributed by atoms with Gasteiger partial charge in [0.05, 0.1) is 12.8 Å². The van der Waals surface area contributed by atoms with E-state index in [1.54, 1.807) is 7.11 Å². The van der Waals surface area contributed by atoms with Gasteiger partial charge in [0.2, 0.25) is 0 Å². The Morgan fingerprint density at radius 2 is 2.31 bits per heavy atom. The first-order valence-electron chi connectivity index (χ1n) is 5.83. The van der Waals surface area contributed by atoms with Crippen LogP contribution in [0.1, 0.15) is 18.4 Å². The van der Waals surface area contributed by atoms with Crippen LogP contribution in [0.5, 0.6) is 5.75 Å². The van der Waals surface area contributed by atoms with Crippen molar-refractivity contribution in [2.45, 2.75) is 25.3 Å². The van der Waals surface area contributed by atoms with Crippen molar-refractivity contribution < 1.29 is 4.74 Å². The fourth-order valence-electron chi connectivity index (χ4n) is 2.42. The van der Waals surface area contributed by atoms with E-state index in [0.29, 0.717) is 6.04 Å². The second kappa shape index (κ2) is 4.74. The van der Waals surface area contributed by atoms with E-state index in [2.05, 4.69) is 18.0 Å². The lowest BCUT2D eigenvalue weighted by molar-refractivity contribution is 0.309. The molecule has 1 atom stereocenters. The molecule has 3 heteroatoms. The van der Waals surface area contributed by atoms with Gasteiger partial charge in [-0.3, -0.25) is 0 Å². The predicted octanol–water partition coefficient (Wildman–Crippen LogP) is 1.91. The first-order valence-corrected chi connectivity index (χ1v) is 5.83. The second-order valence-electron chi connectivity index (χ2n) is 4.56. The maximum absolute atomic E-state index is 5.90. The highest BCUT2D eigenvalue weighted by Gasteiger charge is 2.20. The van der Waals surface area contributed by atoms with E-state index in [1.807, 2.05) is 12.1 Å². The molecule has 1 heterocycles. The average molecular weight is 220 g/mol. The van der Waals surface area contributed by atoms with Gasteiger partial charge in [0, 0.05) is 6.04 Å². The Hall–Kier alpha value is -1.22. The van der Waals surface area contributed by atoms with E-state index in [4.69, 9.17) is 10.5 Å². The zero-order valence-electron chi connectivity index (χ0n) is 10.1. The van der Waals surface area contributed by atoms with Crippen LogP contribution < -0.4 is 10.5 Å². The zero-order chi connectivity index (χ0) is 11.5. The second-order valence-corrected chi connectivity index (χ2v) is 4.56. The van der Waals surface area contributed by atoms with Gasteiger partial charge in [0.15, 0.2) is 0 Å². The number of rotatable bonds is 3. The highest BCUT2D eigenvalue weighted by molar-refractivity contribution is 5.54. The summed E-state index contributed by atoms with van der Waals surface area (Å²) in [4.78, 5) is 2.43. The molecule has 0 aliphatic carbocycles. The smallest absolute Gasteiger partial charge is 0.141 e. The number of benzene rings is 1. The summed E-state index contributed by atoms with van der Waals surface area (Å²) >= 11 is 0. The number of likely N-dealkylation sites (tertiary alicyclic amines) is 1. The van der Waals surface area contributed by atoms with Crippen LogP contribution in [0, 0.1) is 0 Å². The molecule has 1 aromatic rings. The van der Waals surface area contributed by atoms with Crippen LogP contribution in [0.15, 0.2) is 18.2 Å². The standard InChI is InChI=1S/C13H20N2O/c1-15-7-3-4-11(15)8-10-5-6-13(16-2)12(14)9-10/h5-6,9,11H,3-4,7-8,14H2,1-2H3. The summed E-state index contributed by atoms with van der Waals surface area (Å²) in [5, 5.41) is 0. The Bertz CT molecular complexity index is 365. The molecular weight excluding hydrogens is 200 g/mol. The molecule has 2 N–H and O–H groups in total.